The van der Waals surface area contributed by atoms with Crippen molar-refractivity contribution in [2.75, 3.05) is 0 Å². The van der Waals surface area contributed by atoms with Crippen molar-refractivity contribution >= 4 is 34.6 Å². The van der Waals surface area contributed by atoms with E-state index in [1.807, 2.05) is 25.1 Å². The molecule has 5 aliphatic rings. The van der Waals surface area contributed by atoms with Gasteiger partial charge in [-0.2, -0.15) is 0 Å². The molecule has 2 spiro atoms. The number of carbonyl (C=O) groups excluding carboxylic acids is 1. The summed E-state index contributed by atoms with van der Waals surface area (Å²) in [4.78, 5) is 20.1. The van der Waals surface area contributed by atoms with Gasteiger partial charge in [0.05, 0.1) is 5.71 Å². The molecular formula is C29H30ClN5OS. The highest BCUT2D eigenvalue weighted by Gasteiger charge is 2.52. The first-order valence-corrected chi connectivity index (χ1v) is 14.9. The Morgan fingerprint density at radius 1 is 1.08 bits per heavy atom. The second kappa shape index (κ2) is 7.76. The van der Waals surface area contributed by atoms with Crippen LogP contribution in [0.15, 0.2) is 29.3 Å². The molecule has 0 radical (unpaired) electrons. The average Bonchev–Trinajstić information content (AvgIpc) is 3.71. The van der Waals surface area contributed by atoms with Gasteiger partial charge in [0.25, 0.3) is 0 Å². The Balaban J connectivity index is 1.17. The van der Waals surface area contributed by atoms with Gasteiger partial charge in [0.15, 0.2) is 5.82 Å². The summed E-state index contributed by atoms with van der Waals surface area (Å²) >= 11 is 8.55. The highest BCUT2D eigenvalue weighted by Crippen LogP contribution is 2.56. The van der Waals surface area contributed by atoms with Crippen LogP contribution in [0.5, 0.6) is 0 Å². The Bertz CT molecular complexity index is 1480. The number of amides is 1. The normalized spacial score (nSPS) is 24.3. The van der Waals surface area contributed by atoms with E-state index in [0.29, 0.717) is 16.5 Å². The van der Waals surface area contributed by atoms with Crippen molar-refractivity contribution in [3.8, 4) is 5.00 Å². The second-order valence-electron chi connectivity index (χ2n) is 12.0. The second-order valence-corrected chi connectivity index (χ2v) is 13.4. The number of hydrogen-bond donors (Lipinski definition) is 1. The molecule has 8 rings (SSSR count). The lowest BCUT2D eigenvalue weighted by atomic mass is 9.83. The van der Waals surface area contributed by atoms with E-state index in [1.165, 1.54) is 36.1 Å². The molecule has 0 unspecified atom stereocenters. The number of benzene rings is 1. The average molecular weight is 532 g/mol. The Morgan fingerprint density at radius 3 is 2.59 bits per heavy atom. The zero-order valence-corrected chi connectivity index (χ0v) is 22.6. The third-order valence-electron chi connectivity index (χ3n) is 9.53. The van der Waals surface area contributed by atoms with Crippen molar-refractivity contribution in [1.29, 1.82) is 0 Å². The van der Waals surface area contributed by atoms with Gasteiger partial charge >= 0.3 is 0 Å². The predicted molar refractivity (Wildman–Crippen MR) is 145 cm³/mol. The summed E-state index contributed by atoms with van der Waals surface area (Å²) in [7, 11) is 0. The molecule has 190 valence electrons. The Morgan fingerprint density at radius 2 is 1.86 bits per heavy atom. The minimum Gasteiger partial charge on any atom is -0.353 e. The molecule has 4 aliphatic carbocycles. The number of rotatable bonds is 3. The van der Waals surface area contributed by atoms with E-state index in [4.69, 9.17) is 16.6 Å². The molecule has 3 heterocycles. The quantitative estimate of drug-likeness (QED) is 0.472. The fourth-order valence-electron chi connectivity index (χ4n) is 6.91. The van der Waals surface area contributed by atoms with Crippen LogP contribution in [-0.4, -0.2) is 32.4 Å². The SMILES string of the molecule is Cc1nnc2n1-c1sc3c(c1C(c1ccccc1Cl)=NC21CC1)C[C@H](C(=O)NC1CCC2(CC1)CC2)C3. The lowest BCUT2D eigenvalue weighted by Gasteiger charge is -2.29. The van der Waals surface area contributed by atoms with Gasteiger partial charge < -0.3 is 5.32 Å². The number of aliphatic imine (C=N–C) groups is 1. The van der Waals surface area contributed by atoms with Gasteiger partial charge in [-0.25, -0.2) is 0 Å². The molecule has 6 nitrogen and oxygen atoms in total. The van der Waals surface area contributed by atoms with Crippen molar-refractivity contribution in [2.45, 2.75) is 82.7 Å². The van der Waals surface area contributed by atoms with Crippen LogP contribution in [0.4, 0.5) is 0 Å². The first kappa shape index (κ1) is 22.5. The zero-order valence-electron chi connectivity index (χ0n) is 21.0. The number of halogens is 1. The van der Waals surface area contributed by atoms with Crippen molar-refractivity contribution in [1.82, 2.24) is 20.1 Å². The van der Waals surface area contributed by atoms with Gasteiger partial charge in [-0.3, -0.25) is 14.4 Å². The minimum absolute atomic E-state index is 0.0181. The molecule has 8 heteroatoms. The number of aryl methyl sites for hydroxylation is 1. The van der Waals surface area contributed by atoms with Crippen LogP contribution >= 0.6 is 22.9 Å². The topological polar surface area (TPSA) is 72.2 Å². The highest BCUT2D eigenvalue weighted by molar-refractivity contribution is 7.15. The summed E-state index contributed by atoms with van der Waals surface area (Å²) in [6.45, 7) is 2.02. The van der Waals surface area contributed by atoms with Gasteiger partial charge in [-0.05, 0) is 88.2 Å². The number of thiophene rings is 1. The highest BCUT2D eigenvalue weighted by atomic mass is 35.5. The molecule has 3 aromatic rings. The predicted octanol–water partition coefficient (Wildman–Crippen LogP) is 5.68. The van der Waals surface area contributed by atoms with Gasteiger partial charge in [0, 0.05) is 33.0 Å². The maximum atomic E-state index is 13.4. The summed E-state index contributed by atoms with van der Waals surface area (Å²) in [5.74, 6) is 2.03. The standard InChI is InChI=1S/C29H30ClN5OS/c1-16-33-34-27-29(12-13-29)32-24(19-4-2-3-5-21(19)30)23-20-14-17(15-22(20)37-26(23)35(16)27)25(36)31-18-6-8-28(9-7-18)10-11-28/h2-5,17-18H,6-15H2,1H3,(H,31,36)/t17-/m0/s1. The summed E-state index contributed by atoms with van der Waals surface area (Å²) in [6, 6.07) is 8.34. The van der Waals surface area contributed by atoms with Crippen LogP contribution in [0.2, 0.25) is 5.02 Å². The van der Waals surface area contributed by atoms with Crippen LogP contribution < -0.4 is 5.32 Å². The van der Waals surface area contributed by atoms with E-state index >= 15 is 0 Å². The summed E-state index contributed by atoms with van der Waals surface area (Å²) in [5, 5.41) is 14.3. The van der Waals surface area contributed by atoms with E-state index < -0.39 is 0 Å². The van der Waals surface area contributed by atoms with E-state index in [1.54, 1.807) is 11.3 Å². The van der Waals surface area contributed by atoms with Crippen molar-refractivity contribution in [3.63, 3.8) is 0 Å². The van der Waals surface area contributed by atoms with Crippen LogP contribution in [0, 0.1) is 18.3 Å². The number of fused-ring (bicyclic) bond motifs is 6. The van der Waals surface area contributed by atoms with Crippen LogP contribution in [-0.2, 0) is 23.2 Å². The molecule has 1 atom stereocenters. The summed E-state index contributed by atoms with van der Waals surface area (Å²) < 4.78 is 2.23. The smallest absolute Gasteiger partial charge is 0.224 e. The fraction of sp³-hybridized carbons (Fsp3) is 0.517. The molecule has 0 bridgehead atoms. The molecule has 1 aliphatic heterocycles. The molecular weight excluding hydrogens is 502 g/mol. The number of nitrogens with zero attached hydrogens (tertiary/aromatic N) is 4. The molecule has 0 saturated heterocycles. The number of nitrogens with one attached hydrogen (secondary N) is 1. The third-order valence-corrected chi connectivity index (χ3v) is 11.1. The maximum Gasteiger partial charge on any atom is 0.224 e. The van der Waals surface area contributed by atoms with E-state index in [2.05, 4.69) is 26.1 Å². The first-order valence-electron chi connectivity index (χ1n) is 13.7. The van der Waals surface area contributed by atoms with Crippen molar-refractivity contribution in [3.05, 3.63) is 62.5 Å². The van der Waals surface area contributed by atoms with Crippen LogP contribution in [0.25, 0.3) is 5.00 Å². The van der Waals surface area contributed by atoms with Gasteiger partial charge in [0.1, 0.15) is 16.4 Å². The number of carbonyl (C=O) groups is 1. The molecule has 1 N–H and O–H groups in total. The minimum atomic E-state index is -0.337. The Labute approximate surface area is 225 Å². The molecule has 3 fully saturated rings. The maximum absolute atomic E-state index is 13.4. The first-order chi connectivity index (χ1) is 18.0. The van der Waals surface area contributed by atoms with Crippen molar-refractivity contribution in [2.24, 2.45) is 16.3 Å². The monoisotopic (exact) mass is 531 g/mol. The van der Waals surface area contributed by atoms with E-state index in [0.717, 1.165) is 72.0 Å². The summed E-state index contributed by atoms with van der Waals surface area (Å²) in [6.07, 6.45) is 11.1. The molecule has 1 amide bonds. The zero-order chi connectivity index (χ0) is 24.9. The largest absolute Gasteiger partial charge is 0.353 e. The third kappa shape index (κ3) is 3.42. The van der Waals surface area contributed by atoms with Crippen LogP contribution in [0.3, 0.4) is 0 Å². The fourth-order valence-corrected chi connectivity index (χ4v) is 8.59. The van der Waals surface area contributed by atoms with Gasteiger partial charge in [-0.15, -0.1) is 21.5 Å². The molecule has 3 saturated carbocycles. The van der Waals surface area contributed by atoms with Crippen LogP contribution in [0.1, 0.15) is 84.6 Å². The molecule has 1 aromatic carbocycles. The lowest BCUT2D eigenvalue weighted by Crippen LogP contribution is -2.41. The molecule has 37 heavy (non-hydrogen) atoms. The van der Waals surface area contributed by atoms with E-state index in [-0.39, 0.29) is 17.4 Å². The Kier molecular flexibility index (Phi) is 4.71. The summed E-state index contributed by atoms with van der Waals surface area (Å²) in [5.41, 5.74) is 4.60. The molecule has 2 aromatic heterocycles. The van der Waals surface area contributed by atoms with Crippen molar-refractivity contribution < 1.29 is 4.79 Å². The number of hydrogen-bond acceptors (Lipinski definition) is 5. The van der Waals surface area contributed by atoms with E-state index in [9.17, 15) is 4.79 Å². The number of aromatic nitrogens is 3. The Hall–Kier alpha value is -2.51. The van der Waals surface area contributed by atoms with Gasteiger partial charge in [-0.1, -0.05) is 29.8 Å². The lowest BCUT2D eigenvalue weighted by molar-refractivity contribution is -0.125. The van der Waals surface area contributed by atoms with Gasteiger partial charge in [0.2, 0.25) is 5.91 Å².